The van der Waals surface area contributed by atoms with Gasteiger partial charge in [-0.05, 0) is 36.3 Å². The number of hydrogen-bond donors (Lipinski definition) is 2. The van der Waals surface area contributed by atoms with Crippen molar-refractivity contribution in [2.24, 2.45) is 4.99 Å². The van der Waals surface area contributed by atoms with Gasteiger partial charge in [-0.25, -0.2) is 4.98 Å². The molecule has 3 aromatic rings. The Kier molecular flexibility index (Phi) is 3.81. The summed E-state index contributed by atoms with van der Waals surface area (Å²) in [4.78, 5) is 21.5. The van der Waals surface area contributed by atoms with Gasteiger partial charge in [0.2, 0.25) is 5.95 Å². The third-order valence-electron chi connectivity index (χ3n) is 4.00. The van der Waals surface area contributed by atoms with Crippen LogP contribution in [0.1, 0.15) is 17.0 Å². The van der Waals surface area contributed by atoms with E-state index < -0.39 is 0 Å². The summed E-state index contributed by atoms with van der Waals surface area (Å²) in [6.45, 7) is 3.12. The Labute approximate surface area is 144 Å². The molecule has 1 aromatic carbocycles. The van der Waals surface area contributed by atoms with Crippen LogP contribution in [0.15, 0.2) is 41.7 Å². The number of nitrogen functional groups attached to an aromatic ring is 1. The Balaban J connectivity index is 1.65. The molecule has 0 bridgehead atoms. The zero-order chi connectivity index (χ0) is 17.2. The quantitative estimate of drug-likeness (QED) is 0.761. The van der Waals surface area contributed by atoms with E-state index in [-0.39, 0.29) is 5.95 Å². The van der Waals surface area contributed by atoms with Gasteiger partial charge in [0.15, 0.2) is 0 Å². The zero-order valence-electron chi connectivity index (χ0n) is 13.8. The van der Waals surface area contributed by atoms with Crippen LogP contribution >= 0.6 is 0 Å². The molecule has 7 nitrogen and oxygen atoms in total. The Morgan fingerprint density at radius 3 is 2.84 bits per heavy atom. The molecular formula is C18H17N7. The highest BCUT2D eigenvalue weighted by Crippen LogP contribution is 2.26. The van der Waals surface area contributed by atoms with Crippen molar-refractivity contribution in [2.75, 3.05) is 17.6 Å². The molecule has 0 saturated carbocycles. The van der Waals surface area contributed by atoms with E-state index in [9.17, 15) is 0 Å². The van der Waals surface area contributed by atoms with Crippen molar-refractivity contribution in [3.63, 3.8) is 0 Å². The number of nitrogens with zero attached hydrogens (tertiary/aromatic N) is 5. The molecule has 1 aliphatic rings. The lowest BCUT2D eigenvalue weighted by Gasteiger charge is -2.10. The third kappa shape index (κ3) is 3.16. The Morgan fingerprint density at radius 2 is 2.08 bits per heavy atom. The number of rotatable bonds is 4. The van der Waals surface area contributed by atoms with Crippen molar-refractivity contribution in [2.45, 2.75) is 13.5 Å². The number of fused-ring (bicyclic) bond motifs is 1. The molecule has 3 heterocycles. The molecule has 0 aliphatic carbocycles. The fourth-order valence-corrected chi connectivity index (χ4v) is 2.70. The average molecular weight is 331 g/mol. The number of hydrogen-bond acceptors (Lipinski definition) is 7. The molecule has 0 saturated heterocycles. The van der Waals surface area contributed by atoms with Crippen molar-refractivity contribution in [3.8, 4) is 0 Å². The number of aromatic nitrogens is 4. The van der Waals surface area contributed by atoms with Gasteiger partial charge in [0, 0.05) is 17.8 Å². The lowest BCUT2D eigenvalue weighted by molar-refractivity contribution is 0.978. The van der Waals surface area contributed by atoms with Crippen LogP contribution in [-0.4, -0.2) is 32.7 Å². The first-order valence-electron chi connectivity index (χ1n) is 7.97. The molecule has 1 aliphatic heterocycles. The zero-order valence-corrected chi connectivity index (χ0v) is 13.8. The van der Waals surface area contributed by atoms with Crippen LogP contribution in [0.5, 0.6) is 0 Å². The first kappa shape index (κ1) is 15.2. The van der Waals surface area contributed by atoms with Crippen molar-refractivity contribution in [1.82, 2.24) is 19.9 Å². The molecule has 25 heavy (non-hydrogen) atoms. The van der Waals surface area contributed by atoms with Crippen molar-refractivity contribution < 1.29 is 0 Å². The normalized spacial score (nSPS) is 13.2. The topological polar surface area (TPSA) is 102 Å². The minimum atomic E-state index is 0.235. The number of nitrogens with two attached hydrogens (primary N) is 1. The van der Waals surface area contributed by atoms with E-state index in [0.29, 0.717) is 18.9 Å². The second-order valence-electron chi connectivity index (χ2n) is 5.85. The maximum Gasteiger partial charge on any atom is 0.222 e. The van der Waals surface area contributed by atoms with E-state index in [2.05, 4.69) is 36.3 Å². The molecule has 0 spiro atoms. The Bertz CT molecular complexity index is 990. The summed E-state index contributed by atoms with van der Waals surface area (Å²) in [5.41, 5.74) is 10.7. The number of anilines is 2. The second kappa shape index (κ2) is 6.27. The summed E-state index contributed by atoms with van der Waals surface area (Å²) in [5.74, 6) is 0.923. The van der Waals surface area contributed by atoms with Crippen molar-refractivity contribution in [1.29, 1.82) is 0 Å². The summed E-state index contributed by atoms with van der Waals surface area (Å²) >= 11 is 0. The minimum absolute atomic E-state index is 0.235. The third-order valence-corrected chi connectivity index (χ3v) is 4.00. The Hall–Kier alpha value is -3.35. The number of allylic oxidation sites excluding steroid dienone is 1. The van der Waals surface area contributed by atoms with Gasteiger partial charge in [-0.1, -0.05) is 6.07 Å². The molecule has 2 aromatic heterocycles. The summed E-state index contributed by atoms with van der Waals surface area (Å²) in [7, 11) is 0. The maximum absolute atomic E-state index is 5.89. The van der Waals surface area contributed by atoms with Gasteiger partial charge in [-0.3, -0.25) is 15.0 Å². The predicted molar refractivity (Wildman–Crippen MR) is 99.4 cm³/mol. The first-order chi connectivity index (χ1) is 12.2. The van der Waals surface area contributed by atoms with Gasteiger partial charge in [0.05, 0.1) is 36.2 Å². The molecule has 124 valence electrons. The molecule has 0 amide bonds. The number of aryl methyl sites for hydroxylation is 1. The highest BCUT2D eigenvalue weighted by atomic mass is 15.1. The van der Waals surface area contributed by atoms with Crippen LogP contribution < -0.4 is 11.1 Å². The van der Waals surface area contributed by atoms with Gasteiger partial charge in [0.1, 0.15) is 5.82 Å². The van der Waals surface area contributed by atoms with Crippen molar-refractivity contribution >= 4 is 34.5 Å². The largest absolute Gasteiger partial charge is 0.368 e. The SMILES string of the molecule is Cc1cnc(CNc2nc(N)nc3cc(C4=CC=NC4)ccc23)cn1. The van der Waals surface area contributed by atoms with E-state index in [1.54, 1.807) is 12.4 Å². The highest BCUT2D eigenvalue weighted by Gasteiger charge is 2.10. The second-order valence-corrected chi connectivity index (χ2v) is 5.85. The van der Waals surface area contributed by atoms with Gasteiger partial charge in [-0.15, -0.1) is 0 Å². The molecule has 3 N–H and O–H groups in total. The summed E-state index contributed by atoms with van der Waals surface area (Å²) in [6.07, 6.45) is 7.33. The van der Waals surface area contributed by atoms with Crippen LogP contribution in [0.4, 0.5) is 11.8 Å². The monoisotopic (exact) mass is 331 g/mol. The van der Waals surface area contributed by atoms with Crippen LogP contribution in [0.3, 0.4) is 0 Å². The van der Waals surface area contributed by atoms with E-state index in [1.165, 1.54) is 5.57 Å². The maximum atomic E-state index is 5.89. The summed E-state index contributed by atoms with van der Waals surface area (Å²) in [6, 6.07) is 6.08. The molecule has 0 unspecified atom stereocenters. The predicted octanol–water partition coefficient (Wildman–Crippen LogP) is 2.39. The summed E-state index contributed by atoms with van der Waals surface area (Å²) < 4.78 is 0. The lowest BCUT2D eigenvalue weighted by Crippen LogP contribution is -2.07. The van der Waals surface area contributed by atoms with E-state index >= 15 is 0 Å². The van der Waals surface area contributed by atoms with E-state index in [0.717, 1.165) is 27.9 Å². The minimum Gasteiger partial charge on any atom is -0.368 e. The molecule has 0 radical (unpaired) electrons. The van der Waals surface area contributed by atoms with Crippen LogP contribution in [-0.2, 0) is 6.54 Å². The van der Waals surface area contributed by atoms with E-state index in [1.807, 2.05) is 31.3 Å². The van der Waals surface area contributed by atoms with Gasteiger partial charge in [-0.2, -0.15) is 4.98 Å². The number of benzene rings is 1. The molecular weight excluding hydrogens is 314 g/mol. The van der Waals surface area contributed by atoms with Gasteiger partial charge < -0.3 is 11.1 Å². The van der Waals surface area contributed by atoms with Crippen LogP contribution in [0, 0.1) is 6.92 Å². The van der Waals surface area contributed by atoms with E-state index in [4.69, 9.17) is 5.73 Å². The molecule has 7 heteroatoms. The Morgan fingerprint density at radius 1 is 1.16 bits per heavy atom. The molecule has 0 atom stereocenters. The van der Waals surface area contributed by atoms with Crippen molar-refractivity contribution in [3.05, 3.63) is 53.6 Å². The molecule has 0 fully saturated rings. The smallest absolute Gasteiger partial charge is 0.222 e. The number of aliphatic imine (C=N–C) groups is 1. The number of nitrogens with one attached hydrogen (secondary N) is 1. The first-order valence-corrected chi connectivity index (χ1v) is 7.97. The lowest BCUT2D eigenvalue weighted by atomic mass is 10.0. The van der Waals surface area contributed by atoms with Gasteiger partial charge >= 0.3 is 0 Å². The highest BCUT2D eigenvalue weighted by molar-refractivity contribution is 5.95. The average Bonchev–Trinajstić information content (AvgIpc) is 3.15. The van der Waals surface area contributed by atoms with Crippen LogP contribution in [0.25, 0.3) is 16.5 Å². The fraction of sp³-hybridized carbons (Fsp3) is 0.167. The van der Waals surface area contributed by atoms with Gasteiger partial charge in [0.25, 0.3) is 0 Å². The van der Waals surface area contributed by atoms with Crippen LogP contribution in [0.2, 0.25) is 0 Å². The molecule has 4 rings (SSSR count). The summed E-state index contributed by atoms with van der Waals surface area (Å²) in [5, 5.41) is 4.19. The fourth-order valence-electron chi connectivity index (χ4n) is 2.70. The standard InChI is InChI=1S/C18H17N7/c1-11-7-22-14(9-21-11)10-23-17-15-3-2-12(13-4-5-20-8-13)6-16(15)24-18(19)25-17/h2-7,9H,8,10H2,1H3,(H3,19,23,24,25).